The zero-order chi connectivity index (χ0) is 19.4. The third kappa shape index (κ3) is 4.43. The third-order valence-electron chi connectivity index (χ3n) is 4.69. The SMILES string of the molecule is COc1nccnc1-c1cccc(C(=O)N2CCCC(O)(CN(C)C)C2)c1. The summed E-state index contributed by atoms with van der Waals surface area (Å²) >= 11 is 0. The van der Waals surface area contributed by atoms with Gasteiger partial charge in [0, 0.05) is 36.6 Å². The Labute approximate surface area is 159 Å². The van der Waals surface area contributed by atoms with E-state index in [9.17, 15) is 9.90 Å². The number of amides is 1. The largest absolute Gasteiger partial charge is 0.479 e. The lowest BCUT2D eigenvalue weighted by atomic mass is 9.92. The first kappa shape index (κ1) is 19.3. The Hall–Kier alpha value is -2.51. The molecule has 1 saturated heterocycles. The van der Waals surface area contributed by atoms with Gasteiger partial charge in [-0.3, -0.25) is 4.79 Å². The average molecular weight is 370 g/mol. The van der Waals surface area contributed by atoms with Crippen LogP contribution in [-0.4, -0.2) is 77.2 Å². The predicted octanol–water partition coefficient (Wildman–Crippen LogP) is 1.68. The van der Waals surface area contributed by atoms with E-state index in [4.69, 9.17) is 4.74 Å². The normalized spacial score (nSPS) is 20.0. The lowest BCUT2D eigenvalue weighted by molar-refractivity contribution is -0.0391. The van der Waals surface area contributed by atoms with E-state index in [2.05, 4.69) is 9.97 Å². The van der Waals surface area contributed by atoms with E-state index >= 15 is 0 Å². The van der Waals surface area contributed by atoms with E-state index in [1.807, 2.05) is 31.1 Å². The van der Waals surface area contributed by atoms with Crippen molar-refractivity contribution in [2.24, 2.45) is 0 Å². The Bertz CT molecular complexity index is 811. The topological polar surface area (TPSA) is 78.8 Å². The number of aliphatic hydroxyl groups is 1. The van der Waals surface area contributed by atoms with Crippen molar-refractivity contribution in [3.05, 3.63) is 42.2 Å². The van der Waals surface area contributed by atoms with E-state index in [1.54, 1.807) is 36.5 Å². The van der Waals surface area contributed by atoms with Crippen molar-refractivity contribution in [3.8, 4) is 17.1 Å². The van der Waals surface area contributed by atoms with Crippen molar-refractivity contribution in [3.63, 3.8) is 0 Å². The summed E-state index contributed by atoms with van der Waals surface area (Å²) in [4.78, 5) is 25.2. The van der Waals surface area contributed by atoms with Crippen molar-refractivity contribution >= 4 is 5.91 Å². The molecule has 2 aromatic rings. The maximum atomic E-state index is 13.0. The number of piperidine rings is 1. The molecule has 2 heterocycles. The summed E-state index contributed by atoms with van der Waals surface area (Å²) in [5, 5.41) is 10.8. The highest BCUT2D eigenvalue weighted by atomic mass is 16.5. The number of methoxy groups -OCH3 is 1. The number of hydrogen-bond donors (Lipinski definition) is 1. The molecule has 1 N–H and O–H groups in total. The van der Waals surface area contributed by atoms with Gasteiger partial charge in [0.05, 0.1) is 19.3 Å². The van der Waals surface area contributed by atoms with Gasteiger partial charge in [-0.15, -0.1) is 0 Å². The van der Waals surface area contributed by atoms with Gasteiger partial charge < -0.3 is 19.6 Å². The highest BCUT2D eigenvalue weighted by Gasteiger charge is 2.35. The van der Waals surface area contributed by atoms with Crippen LogP contribution in [-0.2, 0) is 0 Å². The lowest BCUT2D eigenvalue weighted by Crippen LogP contribution is -2.54. The van der Waals surface area contributed by atoms with Gasteiger partial charge in [-0.05, 0) is 39.1 Å². The summed E-state index contributed by atoms with van der Waals surface area (Å²) in [6.45, 7) is 1.52. The predicted molar refractivity (Wildman–Crippen MR) is 103 cm³/mol. The van der Waals surface area contributed by atoms with Crippen molar-refractivity contribution < 1.29 is 14.6 Å². The number of rotatable bonds is 5. The minimum atomic E-state index is -0.872. The summed E-state index contributed by atoms with van der Waals surface area (Å²) < 4.78 is 5.27. The van der Waals surface area contributed by atoms with E-state index < -0.39 is 5.60 Å². The maximum Gasteiger partial charge on any atom is 0.253 e. The first-order valence-corrected chi connectivity index (χ1v) is 9.04. The molecule has 1 amide bonds. The molecule has 0 aliphatic carbocycles. The Morgan fingerprint density at radius 1 is 1.33 bits per heavy atom. The number of aromatic nitrogens is 2. The Kier molecular flexibility index (Phi) is 5.72. The Morgan fingerprint density at radius 3 is 2.85 bits per heavy atom. The van der Waals surface area contributed by atoms with E-state index in [0.29, 0.717) is 43.2 Å². The van der Waals surface area contributed by atoms with Crippen LogP contribution in [0.4, 0.5) is 0 Å². The van der Waals surface area contributed by atoms with Crippen LogP contribution in [0.5, 0.6) is 5.88 Å². The molecule has 1 atom stereocenters. The zero-order valence-corrected chi connectivity index (χ0v) is 16.1. The molecule has 1 fully saturated rings. The average Bonchev–Trinajstić information content (AvgIpc) is 2.66. The first-order valence-electron chi connectivity index (χ1n) is 9.04. The summed E-state index contributed by atoms with van der Waals surface area (Å²) in [5.74, 6) is 0.331. The monoisotopic (exact) mass is 370 g/mol. The standard InChI is InChI=1S/C20H26N4O3/c1-23(2)13-20(26)8-5-11-24(14-20)19(25)16-7-4-6-15(12-16)17-18(27-3)22-10-9-21-17/h4,6-7,9-10,12,26H,5,8,11,13-14H2,1-3H3. The molecule has 0 saturated carbocycles. The summed E-state index contributed by atoms with van der Waals surface area (Å²) in [6, 6.07) is 7.29. The molecule has 0 bridgehead atoms. The molecule has 1 aromatic carbocycles. The van der Waals surface area contributed by atoms with E-state index in [1.165, 1.54) is 0 Å². The second-order valence-electron chi connectivity index (χ2n) is 7.29. The fourth-order valence-electron chi connectivity index (χ4n) is 3.66. The Balaban J connectivity index is 1.83. The number of β-amino-alcohol motifs (C(OH)–C–C–N with tert-alkyl or cyclic N) is 1. The number of likely N-dealkylation sites (tertiary alicyclic amines) is 1. The molecule has 0 spiro atoms. The molecule has 27 heavy (non-hydrogen) atoms. The molecule has 3 rings (SSSR count). The zero-order valence-electron chi connectivity index (χ0n) is 16.1. The van der Waals surface area contributed by atoms with Crippen LogP contribution in [0.25, 0.3) is 11.3 Å². The van der Waals surface area contributed by atoms with Gasteiger partial charge in [-0.2, -0.15) is 0 Å². The molecule has 1 unspecified atom stereocenters. The fourth-order valence-corrected chi connectivity index (χ4v) is 3.66. The van der Waals surface area contributed by atoms with Crippen LogP contribution in [0, 0.1) is 0 Å². The molecule has 144 valence electrons. The van der Waals surface area contributed by atoms with Gasteiger partial charge in [-0.1, -0.05) is 12.1 Å². The van der Waals surface area contributed by atoms with Crippen LogP contribution in [0.15, 0.2) is 36.7 Å². The minimum absolute atomic E-state index is 0.0865. The number of benzene rings is 1. The molecule has 1 aromatic heterocycles. The molecule has 7 heteroatoms. The van der Waals surface area contributed by atoms with Gasteiger partial charge in [0.25, 0.3) is 5.91 Å². The molecule has 0 radical (unpaired) electrons. The molecular formula is C20H26N4O3. The van der Waals surface area contributed by atoms with Crippen LogP contribution in [0.3, 0.4) is 0 Å². The second-order valence-corrected chi connectivity index (χ2v) is 7.29. The molecule has 1 aliphatic heterocycles. The maximum absolute atomic E-state index is 13.0. The highest BCUT2D eigenvalue weighted by molar-refractivity contribution is 5.95. The number of carbonyl (C=O) groups is 1. The van der Waals surface area contributed by atoms with E-state index in [0.717, 1.165) is 12.0 Å². The van der Waals surface area contributed by atoms with Gasteiger partial charge >= 0.3 is 0 Å². The number of likely N-dealkylation sites (N-methyl/N-ethyl adjacent to an activating group) is 1. The van der Waals surface area contributed by atoms with Crippen molar-refractivity contribution in [2.75, 3.05) is 40.8 Å². The smallest absolute Gasteiger partial charge is 0.253 e. The summed E-state index contributed by atoms with van der Waals surface area (Å²) in [6.07, 6.45) is 4.65. The van der Waals surface area contributed by atoms with Gasteiger partial charge in [0.1, 0.15) is 5.69 Å². The second kappa shape index (κ2) is 8.02. The van der Waals surface area contributed by atoms with Crippen LogP contribution < -0.4 is 4.74 Å². The molecule has 1 aliphatic rings. The van der Waals surface area contributed by atoms with Crippen LogP contribution in [0.2, 0.25) is 0 Å². The number of carbonyl (C=O) groups excluding carboxylic acids is 1. The van der Waals surface area contributed by atoms with Gasteiger partial charge in [0.2, 0.25) is 5.88 Å². The highest BCUT2D eigenvalue weighted by Crippen LogP contribution is 2.27. The Morgan fingerprint density at radius 2 is 2.11 bits per heavy atom. The van der Waals surface area contributed by atoms with E-state index in [-0.39, 0.29) is 5.91 Å². The number of ether oxygens (including phenoxy) is 1. The number of nitrogens with zero attached hydrogens (tertiary/aromatic N) is 4. The van der Waals surface area contributed by atoms with Crippen LogP contribution >= 0.6 is 0 Å². The lowest BCUT2D eigenvalue weighted by Gasteiger charge is -2.40. The number of hydrogen-bond acceptors (Lipinski definition) is 6. The summed E-state index contributed by atoms with van der Waals surface area (Å²) in [5.41, 5.74) is 1.06. The summed E-state index contributed by atoms with van der Waals surface area (Å²) in [7, 11) is 5.40. The van der Waals surface area contributed by atoms with Crippen molar-refractivity contribution in [2.45, 2.75) is 18.4 Å². The van der Waals surface area contributed by atoms with Crippen molar-refractivity contribution in [1.82, 2.24) is 19.8 Å². The molecule has 7 nitrogen and oxygen atoms in total. The quantitative estimate of drug-likeness (QED) is 0.863. The van der Waals surface area contributed by atoms with Crippen molar-refractivity contribution in [1.29, 1.82) is 0 Å². The fraction of sp³-hybridized carbons (Fsp3) is 0.450. The van der Waals surface area contributed by atoms with Gasteiger partial charge in [-0.25, -0.2) is 9.97 Å². The van der Waals surface area contributed by atoms with Gasteiger partial charge in [0.15, 0.2) is 0 Å². The third-order valence-corrected chi connectivity index (χ3v) is 4.69. The van der Waals surface area contributed by atoms with Crippen LogP contribution in [0.1, 0.15) is 23.2 Å². The minimum Gasteiger partial charge on any atom is -0.479 e. The molecular weight excluding hydrogens is 344 g/mol. The first-order chi connectivity index (χ1) is 12.9.